The van der Waals surface area contributed by atoms with Gasteiger partial charge < -0.3 is 10.6 Å². The fraction of sp³-hybridized carbons (Fsp3) is 0.222. The normalized spacial score (nSPS) is 10.5. The van der Waals surface area contributed by atoms with Gasteiger partial charge in [-0.3, -0.25) is 14.9 Å². The van der Waals surface area contributed by atoms with Crippen molar-refractivity contribution in [3.8, 4) is 5.82 Å². The van der Waals surface area contributed by atoms with Crippen molar-refractivity contribution in [1.29, 1.82) is 0 Å². The summed E-state index contributed by atoms with van der Waals surface area (Å²) in [5.74, 6) is 0.863. The third kappa shape index (κ3) is 4.47. The number of nitrogens with zero attached hydrogens (tertiary/aromatic N) is 5. The number of anilines is 1. The Morgan fingerprint density at radius 1 is 1.18 bits per heavy atom. The standard InChI is InChI=1S/C18H19N7O3/c1-12-8-13(2)24(23-12)17-10-16(21-11-22-17)19-6-7-20-18(26)14-4-3-5-15(9-14)25(27)28/h3-5,8-11H,6-7H2,1-2H3,(H,20,26)(H,19,21,22). The van der Waals surface area contributed by atoms with Crippen LogP contribution in [-0.2, 0) is 0 Å². The molecule has 3 aromatic rings. The molecule has 28 heavy (non-hydrogen) atoms. The Bertz CT molecular complexity index is 1020. The minimum Gasteiger partial charge on any atom is -0.368 e. The molecule has 0 spiro atoms. The monoisotopic (exact) mass is 381 g/mol. The predicted molar refractivity (Wildman–Crippen MR) is 103 cm³/mol. The quantitative estimate of drug-likeness (QED) is 0.364. The van der Waals surface area contributed by atoms with Crippen LogP contribution >= 0.6 is 0 Å². The minimum atomic E-state index is -0.534. The SMILES string of the molecule is Cc1cc(C)n(-c2cc(NCCNC(=O)c3cccc([N+](=O)[O-])c3)ncn2)n1. The second-order valence-electron chi connectivity index (χ2n) is 6.09. The number of rotatable bonds is 7. The topological polar surface area (TPSA) is 128 Å². The number of hydrogen-bond donors (Lipinski definition) is 2. The number of aryl methyl sites for hydroxylation is 2. The van der Waals surface area contributed by atoms with Crippen LogP contribution in [0, 0.1) is 24.0 Å². The van der Waals surface area contributed by atoms with Gasteiger partial charge in [0.1, 0.15) is 12.1 Å². The minimum absolute atomic E-state index is 0.122. The number of hydrogen-bond acceptors (Lipinski definition) is 7. The van der Waals surface area contributed by atoms with E-state index in [1.54, 1.807) is 10.7 Å². The van der Waals surface area contributed by atoms with E-state index >= 15 is 0 Å². The summed E-state index contributed by atoms with van der Waals surface area (Å²) >= 11 is 0. The lowest BCUT2D eigenvalue weighted by Crippen LogP contribution is -2.29. The Morgan fingerprint density at radius 2 is 2.00 bits per heavy atom. The van der Waals surface area contributed by atoms with E-state index in [1.165, 1.54) is 30.6 Å². The molecule has 0 saturated heterocycles. The molecule has 0 aliphatic heterocycles. The number of aromatic nitrogens is 4. The van der Waals surface area contributed by atoms with Crippen molar-refractivity contribution >= 4 is 17.4 Å². The highest BCUT2D eigenvalue weighted by atomic mass is 16.6. The number of carbonyl (C=O) groups is 1. The lowest BCUT2D eigenvalue weighted by molar-refractivity contribution is -0.384. The number of benzene rings is 1. The summed E-state index contributed by atoms with van der Waals surface area (Å²) in [7, 11) is 0. The highest BCUT2D eigenvalue weighted by molar-refractivity contribution is 5.94. The Morgan fingerprint density at radius 3 is 2.71 bits per heavy atom. The molecule has 0 saturated carbocycles. The van der Waals surface area contributed by atoms with E-state index < -0.39 is 4.92 Å². The first-order valence-corrected chi connectivity index (χ1v) is 8.56. The van der Waals surface area contributed by atoms with Crippen LogP contribution in [0.5, 0.6) is 0 Å². The van der Waals surface area contributed by atoms with E-state index in [9.17, 15) is 14.9 Å². The maximum Gasteiger partial charge on any atom is 0.270 e. The molecular weight excluding hydrogens is 362 g/mol. The second-order valence-corrected chi connectivity index (χ2v) is 6.09. The van der Waals surface area contributed by atoms with E-state index in [0.29, 0.717) is 24.7 Å². The maximum absolute atomic E-state index is 12.1. The number of nitro groups is 1. The van der Waals surface area contributed by atoms with E-state index in [-0.39, 0.29) is 17.2 Å². The molecule has 1 amide bonds. The summed E-state index contributed by atoms with van der Waals surface area (Å²) in [4.78, 5) is 30.8. The van der Waals surface area contributed by atoms with E-state index in [2.05, 4.69) is 25.7 Å². The molecule has 0 aliphatic rings. The van der Waals surface area contributed by atoms with Gasteiger partial charge in [-0.15, -0.1) is 0 Å². The summed E-state index contributed by atoms with van der Waals surface area (Å²) in [5, 5.41) is 21.0. The van der Waals surface area contributed by atoms with Gasteiger partial charge >= 0.3 is 0 Å². The van der Waals surface area contributed by atoms with Gasteiger partial charge in [0.2, 0.25) is 0 Å². The summed E-state index contributed by atoms with van der Waals surface area (Å²) in [6.45, 7) is 4.60. The zero-order chi connectivity index (χ0) is 20.1. The average molecular weight is 381 g/mol. The Balaban J connectivity index is 1.55. The van der Waals surface area contributed by atoms with Crippen LogP contribution in [0.2, 0.25) is 0 Å². The summed E-state index contributed by atoms with van der Waals surface area (Å²) in [6, 6.07) is 9.32. The van der Waals surface area contributed by atoms with E-state index in [4.69, 9.17) is 0 Å². The molecular formula is C18H19N7O3. The predicted octanol–water partition coefficient (Wildman–Crippen LogP) is 2.03. The largest absolute Gasteiger partial charge is 0.368 e. The number of amides is 1. The van der Waals surface area contributed by atoms with Crippen molar-refractivity contribution in [1.82, 2.24) is 25.1 Å². The third-order valence-corrected chi connectivity index (χ3v) is 3.92. The molecule has 0 unspecified atom stereocenters. The first-order chi connectivity index (χ1) is 13.4. The van der Waals surface area contributed by atoms with Crippen LogP contribution in [0.15, 0.2) is 42.7 Å². The zero-order valence-electron chi connectivity index (χ0n) is 15.4. The average Bonchev–Trinajstić information content (AvgIpc) is 3.03. The zero-order valence-corrected chi connectivity index (χ0v) is 15.4. The molecule has 0 aliphatic carbocycles. The lowest BCUT2D eigenvalue weighted by Gasteiger charge is -2.09. The maximum atomic E-state index is 12.1. The van der Waals surface area contributed by atoms with Gasteiger partial charge in [0.15, 0.2) is 5.82 Å². The van der Waals surface area contributed by atoms with Crippen molar-refractivity contribution in [2.24, 2.45) is 0 Å². The van der Waals surface area contributed by atoms with Crippen molar-refractivity contribution in [3.63, 3.8) is 0 Å². The number of nitrogens with one attached hydrogen (secondary N) is 2. The van der Waals surface area contributed by atoms with Crippen LogP contribution in [0.3, 0.4) is 0 Å². The first-order valence-electron chi connectivity index (χ1n) is 8.56. The number of nitro benzene ring substituents is 1. The highest BCUT2D eigenvalue weighted by Crippen LogP contribution is 2.13. The number of non-ortho nitro benzene ring substituents is 1. The van der Waals surface area contributed by atoms with E-state index in [0.717, 1.165) is 11.4 Å². The summed E-state index contributed by atoms with van der Waals surface area (Å²) < 4.78 is 1.73. The van der Waals surface area contributed by atoms with Gasteiger partial charge in [-0.1, -0.05) is 6.07 Å². The number of carbonyl (C=O) groups excluding carboxylic acids is 1. The van der Waals surface area contributed by atoms with Crippen molar-refractivity contribution in [2.75, 3.05) is 18.4 Å². The Hall–Kier alpha value is -3.82. The smallest absolute Gasteiger partial charge is 0.270 e. The summed E-state index contributed by atoms with van der Waals surface area (Å²) in [5.41, 5.74) is 1.98. The van der Waals surface area contributed by atoms with Gasteiger partial charge in [-0.2, -0.15) is 5.10 Å². The fourth-order valence-corrected chi connectivity index (χ4v) is 2.65. The molecule has 10 nitrogen and oxygen atoms in total. The van der Waals surface area contributed by atoms with Crippen molar-refractivity contribution in [2.45, 2.75) is 13.8 Å². The van der Waals surface area contributed by atoms with Crippen LogP contribution in [0.1, 0.15) is 21.7 Å². The van der Waals surface area contributed by atoms with E-state index in [1.807, 2.05) is 19.9 Å². The van der Waals surface area contributed by atoms with Gasteiger partial charge in [-0.05, 0) is 26.0 Å². The molecule has 10 heteroatoms. The van der Waals surface area contributed by atoms with Crippen molar-refractivity contribution < 1.29 is 9.72 Å². The van der Waals surface area contributed by atoms with Gasteiger partial charge in [0.05, 0.1) is 10.6 Å². The molecule has 0 radical (unpaired) electrons. The van der Waals surface area contributed by atoms with Crippen molar-refractivity contribution in [3.05, 3.63) is 69.8 Å². The summed E-state index contributed by atoms with van der Waals surface area (Å²) in [6.07, 6.45) is 1.44. The molecule has 0 atom stereocenters. The molecule has 3 rings (SSSR count). The molecule has 2 aromatic heterocycles. The molecule has 144 valence electrons. The molecule has 2 heterocycles. The third-order valence-electron chi connectivity index (χ3n) is 3.92. The second kappa shape index (κ2) is 8.25. The van der Waals surface area contributed by atoms with Gasteiger partial charge in [0, 0.05) is 42.5 Å². The Kier molecular flexibility index (Phi) is 5.58. The van der Waals surface area contributed by atoms with Gasteiger partial charge in [-0.25, -0.2) is 14.6 Å². The molecule has 1 aromatic carbocycles. The van der Waals surface area contributed by atoms with Crippen LogP contribution < -0.4 is 10.6 Å². The Labute approximate surface area is 160 Å². The molecule has 2 N–H and O–H groups in total. The fourth-order valence-electron chi connectivity index (χ4n) is 2.65. The highest BCUT2D eigenvalue weighted by Gasteiger charge is 2.11. The molecule has 0 fully saturated rings. The molecule has 0 bridgehead atoms. The van der Waals surface area contributed by atoms with Gasteiger partial charge in [0.25, 0.3) is 11.6 Å². The first kappa shape index (κ1) is 19.0. The lowest BCUT2D eigenvalue weighted by atomic mass is 10.2. The van der Waals surface area contributed by atoms with Crippen LogP contribution in [-0.4, -0.2) is 43.7 Å². The van der Waals surface area contributed by atoms with Crippen LogP contribution in [0.4, 0.5) is 11.5 Å². The van der Waals surface area contributed by atoms with Crippen LogP contribution in [0.25, 0.3) is 5.82 Å².